The van der Waals surface area contributed by atoms with Crippen LogP contribution < -0.4 is 5.32 Å². The molecule has 1 amide bonds. The van der Waals surface area contributed by atoms with Gasteiger partial charge >= 0.3 is 0 Å². The largest absolute Gasteiger partial charge is 0.388 e. The summed E-state index contributed by atoms with van der Waals surface area (Å²) in [6.45, 7) is 0.394. The third kappa shape index (κ3) is 3.43. The van der Waals surface area contributed by atoms with Crippen molar-refractivity contribution in [2.45, 2.75) is 49.4 Å². The first kappa shape index (κ1) is 14.9. The predicted octanol–water partition coefficient (Wildman–Crippen LogP) is 2.83. The fourth-order valence-electron chi connectivity index (χ4n) is 3.34. The van der Waals surface area contributed by atoms with E-state index in [1.807, 2.05) is 12.1 Å². The number of nitrogens with one attached hydrogen (secondary N) is 1. The van der Waals surface area contributed by atoms with Gasteiger partial charge in [0.2, 0.25) is 5.91 Å². The molecule has 3 nitrogen and oxygen atoms in total. The van der Waals surface area contributed by atoms with Crippen LogP contribution in [0.3, 0.4) is 0 Å². The van der Waals surface area contributed by atoms with Crippen LogP contribution in [-0.4, -0.2) is 28.9 Å². The first-order valence-electron chi connectivity index (χ1n) is 7.87. The molecular formula is C17H23NO2S. The summed E-state index contributed by atoms with van der Waals surface area (Å²) in [6.07, 6.45) is 5.97. The molecule has 1 aromatic carbocycles. The van der Waals surface area contributed by atoms with Gasteiger partial charge in [0.05, 0.1) is 5.60 Å². The van der Waals surface area contributed by atoms with Crippen molar-refractivity contribution in [2.75, 3.05) is 12.3 Å². The molecule has 1 aliphatic heterocycles. The molecule has 21 heavy (non-hydrogen) atoms. The molecule has 4 heteroatoms. The van der Waals surface area contributed by atoms with E-state index in [-0.39, 0.29) is 11.2 Å². The Labute approximate surface area is 130 Å². The number of aliphatic hydroxyl groups is 1. The van der Waals surface area contributed by atoms with E-state index in [1.165, 1.54) is 12.0 Å². The van der Waals surface area contributed by atoms with Gasteiger partial charge in [-0.25, -0.2) is 0 Å². The number of hydrogen-bond acceptors (Lipinski definition) is 3. The van der Waals surface area contributed by atoms with Crippen LogP contribution in [0.1, 0.15) is 48.5 Å². The molecule has 0 bridgehead atoms. The molecule has 1 aliphatic carbocycles. The molecule has 1 atom stereocenters. The zero-order valence-corrected chi connectivity index (χ0v) is 13.1. The minimum absolute atomic E-state index is 0.0474. The molecule has 1 heterocycles. The van der Waals surface area contributed by atoms with Crippen molar-refractivity contribution >= 4 is 17.7 Å². The van der Waals surface area contributed by atoms with Crippen molar-refractivity contribution in [1.82, 2.24) is 5.32 Å². The highest BCUT2D eigenvalue weighted by atomic mass is 32.2. The van der Waals surface area contributed by atoms with Crippen LogP contribution in [0.4, 0.5) is 0 Å². The Morgan fingerprint density at radius 2 is 2.05 bits per heavy atom. The van der Waals surface area contributed by atoms with E-state index in [2.05, 4.69) is 17.4 Å². The fraction of sp³-hybridized carbons (Fsp3) is 0.588. The number of amides is 1. The van der Waals surface area contributed by atoms with Crippen molar-refractivity contribution in [3.8, 4) is 0 Å². The van der Waals surface area contributed by atoms with Crippen molar-refractivity contribution in [3.05, 3.63) is 35.4 Å². The van der Waals surface area contributed by atoms with Crippen LogP contribution in [0.2, 0.25) is 0 Å². The third-order valence-electron chi connectivity index (χ3n) is 4.61. The summed E-state index contributed by atoms with van der Waals surface area (Å²) >= 11 is 1.71. The number of hydrogen-bond donors (Lipinski definition) is 2. The highest BCUT2D eigenvalue weighted by Gasteiger charge is 2.32. The maximum atomic E-state index is 12.5. The van der Waals surface area contributed by atoms with Crippen LogP contribution >= 0.6 is 11.8 Å². The summed E-state index contributed by atoms with van der Waals surface area (Å²) in [7, 11) is 0. The van der Waals surface area contributed by atoms with Gasteiger partial charge in [0, 0.05) is 6.54 Å². The number of rotatable bonds is 3. The number of thioether (sulfide) groups is 1. The molecule has 2 N–H and O–H groups in total. The van der Waals surface area contributed by atoms with E-state index in [1.54, 1.807) is 11.8 Å². The van der Waals surface area contributed by atoms with E-state index in [9.17, 15) is 9.90 Å². The van der Waals surface area contributed by atoms with Gasteiger partial charge in [-0.1, -0.05) is 43.5 Å². The fourth-order valence-corrected chi connectivity index (χ4v) is 4.56. The Morgan fingerprint density at radius 3 is 2.86 bits per heavy atom. The minimum atomic E-state index is -0.688. The average molecular weight is 305 g/mol. The highest BCUT2D eigenvalue weighted by molar-refractivity contribution is 8.00. The summed E-state index contributed by atoms with van der Waals surface area (Å²) < 4.78 is 0. The zero-order chi connectivity index (χ0) is 14.7. The maximum absolute atomic E-state index is 12.5. The molecule has 1 aromatic rings. The minimum Gasteiger partial charge on any atom is -0.388 e. The molecule has 1 unspecified atom stereocenters. The predicted molar refractivity (Wildman–Crippen MR) is 86.4 cm³/mol. The van der Waals surface area contributed by atoms with Crippen LogP contribution in [0.25, 0.3) is 0 Å². The van der Waals surface area contributed by atoms with E-state index in [4.69, 9.17) is 0 Å². The number of carbonyl (C=O) groups is 1. The Morgan fingerprint density at radius 1 is 1.29 bits per heavy atom. The summed E-state index contributed by atoms with van der Waals surface area (Å²) in [5.74, 6) is 1.03. The standard InChI is InChI=1S/C17H23NO2S/c19-16(18-12-17(20)9-4-1-5-10-17)15-14-7-3-2-6-13(14)8-11-21-15/h2-3,6-7,15,20H,1,4-5,8-12H2,(H,18,19). The maximum Gasteiger partial charge on any atom is 0.237 e. The van der Waals surface area contributed by atoms with Gasteiger partial charge in [-0.3, -0.25) is 4.79 Å². The van der Waals surface area contributed by atoms with Crippen LogP contribution in [-0.2, 0) is 11.2 Å². The zero-order valence-electron chi connectivity index (χ0n) is 12.3. The highest BCUT2D eigenvalue weighted by Crippen LogP contribution is 2.37. The quantitative estimate of drug-likeness (QED) is 0.903. The lowest BCUT2D eigenvalue weighted by atomic mass is 9.85. The van der Waals surface area contributed by atoms with Crippen LogP contribution in [0, 0.1) is 0 Å². The van der Waals surface area contributed by atoms with E-state index in [0.717, 1.165) is 43.4 Å². The molecule has 3 rings (SSSR count). The lowest BCUT2D eigenvalue weighted by Crippen LogP contribution is -2.45. The number of fused-ring (bicyclic) bond motifs is 1. The van der Waals surface area contributed by atoms with Crippen LogP contribution in [0.15, 0.2) is 24.3 Å². The summed E-state index contributed by atoms with van der Waals surface area (Å²) in [5, 5.41) is 13.4. The molecule has 1 fully saturated rings. The smallest absolute Gasteiger partial charge is 0.237 e. The van der Waals surface area contributed by atoms with Crippen molar-refractivity contribution < 1.29 is 9.90 Å². The van der Waals surface area contributed by atoms with Gasteiger partial charge in [-0.05, 0) is 36.1 Å². The molecule has 0 aromatic heterocycles. The second kappa shape index (κ2) is 6.41. The lowest BCUT2D eigenvalue weighted by Gasteiger charge is -2.33. The molecule has 1 saturated carbocycles. The molecule has 0 spiro atoms. The topological polar surface area (TPSA) is 49.3 Å². The second-order valence-electron chi connectivity index (χ2n) is 6.20. The molecule has 0 radical (unpaired) electrons. The van der Waals surface area contributed by atoms with Crippen molar-refractivity contribution in [1.29, 1.82) is 0 Å². The molecule has 0 saturated heterocycles. The second-order valence-corrected chi connectivity index (χ2v) is 7.42. The Balaban J connectivity index is 1.64. The Bertz CT molecular complexity index is 511. The SMILES string of the molecule is O=C(NCC1(O)CCCCC1)C1SCCc2ccccc21. The molecule has 2 aliphatic rings. The Kier molecular flexibility index (Phi) is 4.55. The normalized spacial score (nSPS) is 24.1. The summed E-state index contributed by atoms with van der Waals surface area (Å²) in [6, 6.07) is 8.21. The van der Waals surface area contributed by atoms with Gasteiger partial charge in [-0.2, -0.15) is 0 Å². The first-order valence-corrected chi connectivity index (χ1v) is 8.92. The molecular weight excluding hydrogens is 282 g/mol. The summed E-state index contributed by atoms with van der Waals surface area (Å²) in [5.41, 5.74) is 1.74. The molecule has 114 valence electrons. The van der Waals surface area contributed by atoms with E-state index < -0.39 is 5.60 Å². The number of aryl methyl sites for hydroxylation is 1. The Hall–Kier alpha value is -1.00. The van der Waals surface area contributed by atoms with Crippen molar-refractivity contribution in [3.63, 3.8) is 0 Å². The number of benzene rings is 1. The lowest BCUT2D eigenvalue weighted by molar-refractivity contribution is -0.122. The van der Waals surface area contributed by atoms with Gasteiger partial charge in [-0.15, -0.1) is 11.8 Å². The van der Waals surface area contributed by atoms with Crippen LogP contribution in [0.5, 0.6) is 0 Å². The van der Waals surface area contributed by atoms with Gasteiger partial charge < -0.3 is 10.4 Å². The summed E-state index contributed by atoms with van der Waals surface area (Å²) in [4.78, 5) is 12.5. The first-order chi connectivity index (χ1) is 10.2. The van der Waals surface area contributed by atoms with Gasteiger partial charge in [0.1, 0.15) is 5.25 Å². The average Bonchev–Trinajstić information content (AvgIpc) is 2.53. The van der Waals surface area contributed by atoms with Gasteiger partial charge in [0.25, 0.3) is 0 Å². The van der Waals surface area contributed by atoms with E-state index in [0.29, 0.717) is 6.54 Å². The monoisotopic (exact) mass is 305 g/mol. The third-order valence-corrected chi connectivity index (χ3v) is 5.85. The van der Waals surface area contributed by atoms with Crippen molar-refractivity contribution in [2.24, 2.45) is 0 Å². The van der Waals surface area contributed by atoms with E-state index >= 15 is 0 Å². The number of carbonyl (C=O) groups excluding carboxylic acids is 1. The van der Waals surface area contributed by atoms with Gasteiger partial charge in [0.15, 0.2) is 0 Å².